The van der Waals surface area contributed by atoms with Gasteiger partial charge in [-0.25, -0.2) is 0 Å². The van der Waals surface area contributed by atoms with Crippen LogP contribution in [-0.4, -0.2) is 34.7 Å². The molecule has 2 rings (SSSR count). The van der Waals surface area contributed by atoms with Crippen molar-refractivity contribution in [1.29, 1.82) is 0 Å². The Morgan fingerprint density at radius 1 is 1.17 bits per heavy atom. The predicted molar refractivity (Wildman–Crippen MR) is 84.5 cm³/mol. The first-order valence-corrected chi connectivity index (χ1v) is 8.22. The second-order valence-corrected chi connectivity index (χ2v) is 7.86. The van der Waals surface area contributed by atoms with Crippen molar-refractivity contribution in [3.8, 4) is 0 Å². The second-order valence-electron chi connectivity index (χ2n) is 5.11. The average molecular weight is 267 g/mol. The number of benzene rings is 1. The summed E-state index contributed by atoms with van der Waals surface area (Å²) in [5.41, 5.74) is 2.61. The van der Waals surface area contributed by atoms with Gasteiger partial charge in [-0.15, -0.1) is 0 Å². The first-order valence-electron chi connectivity index (χ1n) is 6.15. The normalized spacial score (nSPS) is 18.5. The topological polar surface area (TPSA) is 20.3 Å². The summed E-state index contributed by atoms with van der Waals surface area (Å²) < 4.78 is 11.8. The van der Waals surface area contributed by atoms with Gasteiger partial charge in [0.15, 0.2) is 0 Å². The van der Waals surface area contributed by atoms with Crippen LogP contribution in [0.5, 0.6) is 0 Å². The van der Waals surface area contributed by atoms with Crippen molar-refractivity contribution in [2.45, 2.75) is 27.2 Å². The fraction of sp³-hybridized carbons (Fsp3) is 0.533. The molecule has 3 heteroatoms. The van der Waals surface area contributed by atoms with Crippen molar-refractivity contribution in [3.63, 3.8) is 0 Å². The molecule has 2 nitrogen and oxygen atoms in total. The van der Waals surface area contributed by atoms with Crippen LogP contribution in [0.4, 0.5) is 5.69 Å². The van der Waals surface area contributed by atoms with E-state index in [1.807, 2.05) is 0 Å². The van der Waals surface area contributed by atoms with E-state index < -0.39 is 9.52 Å². The summed E-state index contributed by atoms with van der Waals surface area (Å²) in [4.78, 5) is 2.30. The zero-order valence-electron chi connectivity index (χ0n) is 10.7. The van der Waals surface area contributed by atoms with Gasteiger partial charge in [0.05, 0.1) is 0 Å². The van der Waals surface area contributed by atoms with Crippen LogP contribution in [0.3, 0.4) is 0 Å². The summed E-state index contributed by atoms with van der Waals surface area (Å²) in [5, 5.41) is 0. The van der Waals surface area contributed by atoms with Gasteiger partial charge >= 0.3 is 0 Å². The first kappa shape index (κ1) is 15.1. The van der Waals surface area contributed by atoms with Crippen LogP contribution < -0.4 is 4.90 Å². The van der Waals surface area contributed by atoms with Crippen molar-refractivity contribution in [2.75, 3.05) is 29.5 Å². The molecule has 1 aromatic carbocycles. The highest BCUT2D eigenvalue weighted by atomic mass is 32.2. The molecule has 0 radical (unpaired) electrons. The third kappa shape index (κ3) is 3.52. The standard InChI is InChI=1S/C14H21NOS.CH4/c1-12(2)13-4-6-14(7-5-13)15-8-10-17(3,16)11-9-15;/h4-7,12H,3,8-11H2,1-2H3;1H4. The lowest BCUT2D eigenvalue weighted by Gasteiger charge is -2.31. The Morgan fingerprint density at radius 2 is 1.67 bits per heavy atom. The van der Waals surface area contributed by atoms with E-state index in [9.17, 15) is 4.21 Å². The predicted octanol–water partition coefficient (Wildman–Crippen LogP) is 2.98. The van der Waals surface area contributed by atoms with Gasteiger partial charge in [-0.3, -0.25) is 4.21 Å². The van der Waals surface area contributed by atoms with Gasteiger partial charge in [-0.2, -0.15) is 0 Å². The lowest BCUT2D eigenvalue weighted by molar-refractivity contribution is 0.671. The molecule has 1 aliphatic rings. The Balaban J connectivity index is 0.00000162. The lowest BCUT2D eigenvalue weighted by Crippen LogP contribution is -2.40. The Labute approximate surface area is 112 Å². The molecular weight excluding hydrogens is 242 g/mol. The molecule has 1 aromatic rings. The summed E-state index contributed by atoms with van der Waals surface area (Å²) in [6.45, 7) is 6.13. The molecule has 1 heterocycles. The van der Waals surface area contributed by atoms with Crippen LogP contribution in [-0.2, 0) is 9.52 Å². The Bertz CT molecular complexity index is 460. The minimum absolute atomic E-state index is 0. The first-order chi connectivity index (χ1) is 7.98. The van der Waals surface area contributed by atoms with E-state index in [-0.39, 0.29) is 7.43 Å². The molecule has 0 N–H and O–H groups in total. The summed E-state index contributed by atoms with van der Waals surface area (Å²) in [6, 6.07) is 8.73. The molecular formula is C15H25NOS. The minimum Gasteiger partial charge on any atom is -0.370 e. The third-order valence-corrected chi connectivity index (χ3v) is 5.24. The zero-order valence-corrected chi connectivity index (χ0v) is 11.5. The van der Waals surface area contributed by atoms with E-state index in [0.717, 1.165) is 24.6 Å². The highest BCUT2D eigenvalue weighted by molar-refractivity contribution is 8.00. The smallest absolute Gasteiger partial charge is 0.0366 e. The Morgan fingerprint density at radius 3 is 2.11 bits per heavy atom. The SMILES string of the molecule is C.C=S1(=O)CCN(c2ccc(C(C)C)cc2)CC1. The van der Waals surface area contributed by atoms with Gasteiger partial charge in [0.1, 0.15) is 0 Å². The van der Waals surface area contributed by atoms with Crippen molar-refractivity contribution in [3.05, 3.63) is 29.8 Å². The molecule has 1 fully saturated rings. The average Bonchev–Trinajstić information content (AvgIpc) is 2.29. The summed E-state index contributed by atoms with van der Waals surface area (Å²) in [6.07, 6.45) is 0. The van der Waals surface area contributed by atoms with Gasteiger partial charge in [-0.1, -0.05) is 33.4 Å². The molecule has 1 saturated heterocycles. The molecule has 0 aromatic heterocycles. The van der Waals surface area contributed by atoms with Crippen molar-refractivity contribution in [2.24, 2.45) is 0 Å². The molecule has 102 valence electrons. The highest BCUT2D eigenvalue weighted by Gasteiger charge is 2.17. The fourth-order valence-electron chi connectivity index (χ4n) is 2.10. The number of anilines is 1. The molecule has 0 bridgehead atoms. The van der Waals surface area contributed by atoms with Gasteiger partial charge in [-0.05, 0) is 39.0 Å². The number of nitrogens with zero attached hydrogens (tertiary/aromatic N) is 1. The summed E-state index contributed by atoms with van der Waals surface area (Å²) in [7, 11) is -1.79. The van der Waals surface area contributed by atoms with Gasteiger partial charge in [0.2, 0.25) is 0 Å². The van der Waals surface area contributed by atoms with Crippen LogP contribution in [0.2, 0.25) is 0 Å². The number of hydrogen-bond donors (Lipinski definition) is 0. The zero-order chi connectivity index (χ0) is 12.5. The second kappa shape index (κ2) is 5.79. The number of rotatable bonds is 2. The summed E-state index contributed by atoms with van der Waals surface area (Å²) >= 11 is 0. The van der Waals surface area contributed by atoms with Crippen molar-refractivity contribution < 1.29 is 4.21 Å². The molecule has 18 heavy (non-hydrogen) atoms. The molecule has 0 spiro atoms. The molecule has 0 atom stereocenters. The van der Waals surface area contributed by atoms with E-state index in [1.54, 1.807) is 0 Å². The van der Waals surface area contributed by atoms with E-state index in [1.165, 1.54) is 11.3 Å². The van der Waals surface area contributed by atoms with Gasteiger partial charge < -0.3 is 4.90 Å². The van der Waals surface area contributed by atoms with E-state index in [0.29, 0.717) is 5.92 Å². The fourth-order valence-corrected chi connectivity index (χ4v) is 3.41. The Kier molecular flexibility index (Phi) is 4.85. The largest absolute Gasteiger partial charge is 0.370 e. The highest BCUT2D eigenvalue weighted by Crippen LogP contribution is 2.21. The molecule has 0 amide bonds. The maximum atomic E-state index is 11.8. The van der Waals surface area contributed by atoms with E-state index >= 15 is 0 Å². The maximum Gasteiger partial charge on any atom is 0.0366 e. The van der Waals surface area contributed by atoms with Crippen LogP contribution in [0, 0.1) is 0 Å². The number of hydrogen-bond acceptors (Lipinski definition) is 2. The third-order valence-electron chi connectivity index (χ3n) is 3.39. The Hall–Kier alpha value is -0.960. The van der Waals surface area contributed by atoms with Crippen molar-refractivity contribution in [1.82, 2.24) is 0 Å². The van der Waals surface area contributed by atoms with Crippen molar-refractivity contribution >= 4 is 21.1 Å². The molecule has 0 saturated carbocycles. The van der Waals surface area contributed by atoms with E-state index in [2.05, 4.69) is 48.9 Å². The monoisotopic (exact) mass is 267 g/mol. The van der Waals surface area contributed by atoms with E-state index in [4.69, 9.17) is 0 Å². The minimum atomic E-state index is -1.79. The van der Waals surface area contributed by atoms with Crippen LogP contribution >= 0.6 is 0 Å². The van der Waals surface area contributed by atoms with Crippen LogP contribution in [0.15, 0.2) is 24.3 Å². The summed E-state index contributed by atoms with van der Waals surface area (Å²) in [5.74, 6) is 5.81. The molecule has 0 unspecified atom stereocenters. The lowest BCUT2D eigenvalue weighted by atomic mass is 10.0. The maximum absolute atomic E-state index is 11.8. The van der Waals surface area contributed by atoms with Crippen LogP contribution in [0.1, 0.15) is 32.8 Å². The van der Waals surface area contributed by atoms with Crippen LogP contribution in [0.25, 0.3) is 0 Å². The van der Waals surface area contributed by atoms with Gasteiger partial charge in [0, 0.05) is 30.3 Å². The molecule has 0 aliphatic carbocycles. The quantitative estimate of drug-likeness (QED) is 0.768. The van der Waals surface area contributed by atoms with Gasteiger partial charge in [0.25, 0.3) is 0 Å². The molecule has 1 aliphatic heterocycles.